The van der Waals surface area contributed by atoms with Crippen LogP contribution in [0.2, 0.25) is 0 Å². The van der Waals surface area contributed by atoms with Crippen LogP contribution in [-0.2, 0) is 9.59 Å². The lowest BCUT2D eigenvalue weighted by atomic mass is 10.0. The van der Waals surface area contributed by atoms with Gasteiger partial charge in [-0.2, -0.15) is 0 Å². The molecule has 1 heterocycles. The van der Waals surface area contributed by atoms with Gasteiger partial charge in [0.05, 0.1) is 6.54 Å². The summed E-state index contributed by atoms with van der Waals surface area (Å²) in [5.74, 6) is 2.39. The van der Waals surface area contributed by atoms with Gasteiger partial charge in [-0.3, -0.25) is 14.5 Å². The van der Waals surface area contributed by atoms with E-state index in [4.69, 9.17) is 0 Å². The summed E-state index contributed by atoms with van der Waals surface area (Å²) in [6, 6.07) is 0. The van der Waals surface area contributed by atoms with E-state index >= 15 is 0 Å². The van der Waals surface area contributed by atoms with Gasteiger partial charge in [0.15, 0.2) is 0 Å². The molecule has 3 fully saturated rings. The highest BCUT2D eigenvalue weighted by atomic mass is 16.2. The van der Waals surface area contributed by atoms with E-state index in [1.54, 1.807) is 6.08 Å². The second-order valence-electron chi connectivity index (χ2n) is 6.62. The van der Waals surface area contributed by atoms with Gasteiger partial charge >= 0.3 is 0 Å². The van der Waals surface area contributed by atoms with Crippen LogP contribution >= 0.6 is 0 Å². The van der Waals surface area contributed by atoms with Crippen molar-refractivity contribution in [3.8, 4) is 0 Å². The molecule has 0 aromatic rings. The molecule has 3 aliphatic rings. The number of carbonyl (C=O) groups is 2. The molecule has 1 saturated heterocycles. The van der Waals surface area contributed by atoms with Crippen LogP contribution in [-0.4, -0.2) is 60.9 Å². The molecule has 116 valence electrons. The highest BCUT2D eigenvalue weighted by Crippen LogP contribution is 2.54. The summed E-state index contributed by atoms with van der Waals surface area (Å²) in [6.07, 6.45) is 5.28. The quantitative estimate of drug-likeness (QED) is 0.750. The number of amides is 2. The Balaban J connectivity index is 1.39. The third kappa shape index (κ3) is 3.46. The van der Waals surface area contributed by atoms with Crippen molar-refractivity contribution in [1.82, 2.24) is 15.1 Å². The first-order valence-electron chi connectivity index (χ1n) is 8.06. The van der Waals surface area contributed by atoms with E-state index in [0.29, 0.717) is 19.0 Å². The number of nitrogens with zero attached hydrogens (tertiary/aromatic N) is 2. The van der Waals surface area contributed by atoms with Gasteiger partial charge < -0.3 is 10.2 Å². The first-order valence-corrected chi connectivity index (χ1v) is 8.06. The van der Waals surface area contributed by atoms with E-state index in [9.17, 15) is 9.59 Å². The molecule has 0 bridgehead atoms. The van der Waals surface area contributed by atoms with Crippen molar-refractivity contribution in [2.45, 2.75) is 19.3 Å². The van der Waals surface area contributed by atoms with Gasteiger partial charge in [0, 0.05) is 38.6 Å². The zero-order valence-electron chi connectivity index (χ0n) is 12.6. The van der Waals surface area contributed by atoms with Crippen LogP contribution in [0, 0.1) is 17.8 Å². The lowest BCUT2D eigenvalue weighted by molar-refractivity contribution is -0.137. The molecular weight excluding hydrogens is 266 g/mol. The minimum atomic E-state index is 0.0329. The number of piperazine rings is 1. The van der Waals surface area contributed by atoms with Crippen LogP contribution in [0.3, 0.4) is 0 Å². The predicted octanol–water partition coefficient (Wildman–Crippen LogP) is 0.479. The molecule has 0 spiro atoms. The SMILES string of the molecule is C=CCNC(=O)CN1CCN(C(=O)C2CC3CC3C2)CC1. The number of nitrogens with one attached hydrogen (secondary N) is 1. The van der Waals surface area contributed by atoms with Gasteiger partial charge in [0.1, 0.15) is 0 Å². The molecule has 0 aromatic heterocycles. The Morgan fingerprint density at radius 2 is 1.76 bits per heavy atom. The van der Waals surface area contributed by atoms with E-state index in [1.165, 1.54) is 6.42 Å². The van der Waals surface area contributed by atoms with Gasteiger partial charge in [-0.25, -0.2) is 0 Å². The van der Waals surface area contributed by atoms with Crippen LogP contribution < -0.4 is 5.32 Å². The van der Waals surface area contributed by atoms with Gasteiger partial charge in [-0.05, 0) is 31.1 Å². The maximum absolute atomic E-state index is 12.5. The van der Waals surface area contributed by atoms with Crippen LogP contribution in [0.4, 0.5) is 0 Å². The first-order chi connectivity index (χ1) is 10.2. The maximum Gasteiger partial charge on any atom is 0.234 e. The van der Waals surface area contributed by atoms with Crippen LogP contribution in [0.15, 0.2) is 12.7 Å². The Bertz CT molecular complexity index is 419. The van der Waals surface area contributed by atoms with Gasteiger partial charge in [-0.15, -0.1) is 6.58 Å². The molecule has 2 amide bonds. The maximum atomic E-state index is 12.5. The molecule has 2 atom stereocenters. The molecule has 2 aliphatic carbocycles. The average molecular weight is 291 g/mol. The molecule has 3 rings (SSSR count). The van der Waals surface area contributed by atoms with E-state index in [-0.39, 0.29) is 11.8 Å². The fraction of sp³-hybridized carbons (Fsp3) is 0.750. The largest absolute Gasteiger partial charge is 0.352 e. The van der Waals surface area contributed by atoms with E-state index in [0.717, 1.165) is 50.9 Å². The summed E-state index contributed by atoms with van der Waals surface area (Å²) in [7, 11) is 0. The molecule has 2 saturated carbocycles. The van der Waals surface area contributed by atoms with Crippen molar-refractivity contribution in [2.75, 3.05) is 39.3 Å². The molecule has 21 heavy (non-hydrogen) atoms. The zero-order valence-corrected chi connectivity index (χ0v) is 12.6. The van der Waals surface area contributed by atoms with Crippen molar-refractivity contribution in [1.29, 1.82) is 0 Å². The molecule has 2 unspecified atom stereocenters. The van der Waals surface area contributed by atoms with Gasteiger partial charge in [0.2, 0.25) is 11.8 Å². The number of fused-ring (bicyclic) bond motifs is 1. The van der Waals surface area contributed by atoms with Gasteiger partial charge in [0.25, 0.3) is 0 Å². The second-order valence-corrected chi connectivity index (χ2v) is 6.62. The number of hydrogen-bond acceptors (Lipinski definition) is 3. The molecule has 1 N–H and O–H groups in total. The highest BCUT2D eigenvalue weighted by molar-refractivity contribution is 5.80. The summed E-state index contributed by atoms with van der Waals surface area (Å²) in [4.78, 5) is 28.2. The van der Waals surface area contributed by atoms with Crippen molar-refractivity contribution in [3.05, 3.63) is 12.7 Å². The predicted molar refractivity (Wildman–Crippen MR) is 80.5 cm³/mol. The van der Waals surface area contributed by atoms with Crippen molar-refractivity contribution >= 4 is 11.8 Å². The molecule has 0 aromatic carbocycles. The normalized spacial score (nSPS) is 31.6. The lowest BCUT2D eigenvalue weighted by Gasteiger charge is -2.35. The third-order valence-corrected chi connectivity index (χ3v) is 5.09. The molecule has 5 heteroatoms. The topological polar surface area (TPSA) is 52.7 Å². The first kappa shape index (κ1) is 14.6. The van der Waals surface area contributed by atoms with Crippen LogP contribution in [0.25, 0.3) is 0 Å². The standard InChI is InChI=1S/C16H25N3O2/c1-2-3-17-15(20)11-18-4-6-19(7-5-18)16(21)14-9-12-8-13(12)10-14/h2,12-14H,1,3-11H2,(H,17,20). The Morgan fingerprint density at radius 3 is 2.38 bits per heavy atom. The smallest absolute Gasteiger partial charge is 0.234 e. The van der Waals surface area contributed by atoms with Crippen molar-refractivity contribution < 1.29 is 9.59 Å². The number of carbonyl (C=O) groups excluding carboxylic acids is 2. The summed E-state index contributed by atoms with van der Waals surface area (Å²) >= 11 is 0. The fourth-order valence-corrected chi connectivity index (χ4v) is 3.75. The Hall–Kier alpha value is -1.36. The Labute approximate surface area is 126 Å². The minimum Gasteiger partial charge on any atom is -0.352 e. The fourth-order valence-electron chi connectivity index (χ4n) is 3.75. The number of hydrogen-bond donors (Lipinski definition) is 1. The zero-order chi connectivity index (χ0) is 14.8. The van der Waals surface area contributed by atoms with Crippen LogP contribution in [0.5, 0.6) is 0 Å². The number of rotatable bonds is 5. The molecule has 0 radical (unpaired) electrons. The third-order valence-electron chi connectivity index (χ3n) is 5.09. The molecule has 1 aliphatic heterocycles. The highest BCUT2D eigenvalue weighted by Gasteiger charge is 2.48. The summed E-state index contributed by atoms with van der Waals surface area (Å²) in [5, 5.41) is 2.79. The second kappa shape index (κ2) is 6.18. The van der Waals surface area contributed by atoms with Gasteiger partial charge in [-0.1, -0.05) is 6.08 Å². The summed E-state index contributed by atoms with van der Waals surface area (Å²) in [6.45, 7) is 7.64. The average Bonchev–Trinajstić information content (AvgIpc) is 3.11. The van der Waals surface area contributed by atoms with E-state index < -0.39 is 0 Å². The Kier molecular flexibility index (Phi) is 4.29. The van der Waals surface area contributed by atoms with Crippen LogP contribution in [0.1, 0.15) is 19.3 Å². The van der Waals surface area contributed by atoms with E-state index in [2.05, 4.69) is 16.8 Å². The Morgan fingerprint density at radius 1 is 1.10 bits per heavy atom. The summed E-state index contributed by atoms with van der Waals surface area (Å²) in [5.41, 5.74) is 0. The molecular formula is C16H25N3O2. The molecule has 5 nitrogen and oxygen atoms in total. The van der Waals surface area contributed by atoms with Crippen molar-refractivity contribution in [3.63, 3.8) is 0 Å². The lowest BCUT2D eigenvalue weighted by Crippen LogP contribution is -2.52. The van der Waals surface area contributed by atoms with E-state index in [1.807, 2.05) is 4.90 Å². The monoisotopic (exact) mass is 291 g/mol. The van der Waals surface area contributed by atoms with Crippen molar-refractivity contribution in [2.24, 2.45) is 17.8 Å². The summed E-state index contributed by atoms with van der Waals surface area (Å²) < 4.78 is 0. The minimum absolute atomic E-state index is 0.0329.